The summed E-state index contributed by atoms with van der Waals surface area (Å²) < 4.78 is 0. The van der Waals surface area contributed by atoms with Crippen LogP contribution < -0.4 is 4.90 Å². The maximum Gasteiger partial charge on any atom is 0.309 e. The van der Waals surface area contributed by atoms with Gasteiger partial charge in [-0.2, -0.15) is 0 Å². The van der Waals surface area contributed by atoms with Crippen molar-refractivity contribution in [1.82, 2.24) is 0 Å². The first-order chi connectivity index (χ1) is 10.1. The number of carbonyl (C=O) groups is 2. The molecule has 0 saturated carbocycles. The summed E-state index contributed by atoms with van der Waals surface area (Å²) in [5.74, 6) is -1.75. The molecule has 2 aromatic rings. The number of amides is 1. The number of aliphatic carboxylic acids is 1. The van der Waals surface area contributed by atoms with Gasteiger partial charge in [-0.25, -0.2) is 0 Å². The molecule has 4 nitrogen and oxygen atoms in total. The number of thiophene rings is 1. The molecule has 0 aliphatic carbocycles. The highest BCUT2D eigenvalue weighted by Crippen LogP contribution is 2.42. The third-order valence-electron chi connectivity index (χ3n) is 3.79. The minimum Gasteiger partial charge on any atom is -0.481 e. The lowest BCUT2D eigenvalue weighted by Crippen LogP contribution is -2.29. The second-order valence-corrected chi connectivity index (χ2v) is 6.19. The zero-order chi connectivity index (χ0) is 15.0. The fourth-order valence-corrected chi connectivity index (χ4v) is 3.63. The Bertz CT molecular complexity index is 663. The summed E-state index contributed by atoms with van der Waals surface area (Å²) in [6, 6.07) is 11.0. The number of benzene rings is 1. The van der Waals surface area contributed by atoms with Crippen LogP contribution in [-0.2, 0) is 9.59 Å². The van der Waals surface area contributed by atoms with Crippen LogP contribution in [0.3, 0.4) is 0 Å². The van der Waals surface area contributed by atoms with E-state index in [-0.39, 0.29) is 12.3 Å². The van der Waals surface area contributed by atoms with E-state index in [1.165, 1.54) is 11.3 Å². The minimum absolute atomic E-state index is 0.0474. The first-order valence-electron chi connectivity index (χ1n) is 6.73. The van der Waals surface area contributed by atoms with Crippen molar-refractivity contribution in [3.05, 3.63) is 52.2 Å². The zero-order valence-corrected chi connectivity index (χ0v) is 12.3. The molecule has 5 heteroatoms. The number of aryl methyl sites for hydroxylation is 1. The van der Waals surface area contributed by atoms with Gasteiger partial charge in [0.25, 0.3) is 0 Å². The Labute approximate surface area is 126 Å². The van der Waals surface area contributed by atoms with Crippen LogP contribution in [0.1, 0.15) is 22.9 Å². The predicted molar refractivity (Wildman–Crippen MR) is 81.5 cm³/mol. The molecule has 1 amide bonds. The van der Waals surface area contributed by atoms with Crippen LogP contribution in [0.2, 0.25) is 0 Å². The first kappa shape index (κ1) is 13.8. The van der Waals surface area contributed by atoms with E-state index in [1.54, 1.807) is 4.90 Å². The van der Waals surface area contributed by atoms with Crippen LogP contribution in [0.4, 0.5) is 5.69 Å². The second kappa shape index (κ2) is 5.33. The van der Waals surface area contributed by atoms with Crippen molar-refractivity contribution < 1.29 is 14.7 Å². The van der Waals surface area contributed by atoms with E-state index in [0.29, 0.717) is 0 Å². The highest BCUT2D eigenvalue weighted by atomic mass is 32.1. The maximum absolute atomic E-state index is 12.3. The Morgan fingerprint density at radius 3 is 2.57 bits per heavy atom. The van der Waals surface area contributed by atoms with Gasteiger partial charge in [0.2, 0.25) is 5.91 Å². The number of carboxylic acid groups (broad SMARTS) is 1. The van der Waals surface area contributed by atoms with Gasteiger partial charge in [0, 0.05) is 17.0 Å². The molecule has 108 valence electrons. The number of carbonyl (C=O) groups excluding carboxylic acids is 1. The summed E-state index contributed by atoms with van der Waals surface area (Å²) in [4.78, 5) is 26.4. The van der Waals surface area contributed by atoms with E-state index < -0.39 is 17.9 Å². The molecule has 1 aliphatic rings. The molecule has 2 atom stereocenters. The fraction of sp³-hybridized carbons (Fsp3) is 0.250. The average Bonchev–Trinajstić information content (AvgIpc) is 3.07. The van der Waals surface area contributed by atoms with Crippen molar-refractivity contribution in [3.8, 4) is 0 Å². The highest BCUT2D eigenvalue weighted by Gasteiger charge is 2.45. The average molecular weight is 301 g/mol. The van der Waals surface area contributed by atoms with Crippen LogP contribution in [0.25, 0.3) is 0 Å². The lowest BCUT2D eigenvalue weighted by molar-refractivity contribution is -0.142. The van der Waals surface area contributed by atoms with Gasteiger partial charge in [-0.3, -0.25) is 9.59 Å². The summed E-state index contributed by atoms with van der Waals surface area (Å²) in [6.45, 7) is 1.98. The van der Waals surface area contributed by atoms with Crippen LogP contribution >= 0.6 is 11.3 Å². The molecule has 1 aromatic carbocycles. The smallest absolute Gasteiger partial charge is 0.309 e. The summed E-state index contributed by atoms with van der Waals surface area (Å²) in [7, 11) is 0. The molecule has 1 aliphatic heterocycles. The van der Waals surface area contributed by atoms with E-state index >= 15 is 0 Å². The Balaban J connectivity index is 2.06. The normalized spacial score (nSPS) is 21.8. The summed E-state index contributed by atoms with van der Waals surface area (Å²) in [6.07, 6.45) is 0.0474. The molecule has 1 aromatic heterocycles. The van der Waals surface area contributed by atoms with Gasteiger partial charge in [0.1, 0.15) is 0 Å². The van der Waals surface area contributed by atoms with Crippen LogP contribution in [0.15, 0.2) is 41.8 Å². The van der Waals surface area contributed by atoms with E-state index in [9.17, 15) is 14.7 Å². The molecule has 1 fully saturated rings. The van der Waals surface area contributed by atoms with Crippen molar-refractivity contribution in [2.24, 2.45) is 5.92 Å². The van der Waals surface area contributed by atoms with Crippen molar-refractivity contribution in [2.75, 3.05) is 4.90 Å². The van der Waals surface area contributed by atoms with Crippen molar-refractivity contribution in [1.29, 1.82) is 0 Å². The number of carboxylic acids is 1. The van der Waals surface area contributed by atoms with Gasteiger partial charge < -0.3 is 10.0 Å². The molecule has 0 spiro atoms. The van der Waals surface area contributed by atoms with E-state index in [4.69, 9.17) is 0 Å². The molecule has 1 saturated heterocycles. The van der Waals surface area contributed by atoms with Gasteiger partial charge in [-0.05, 0) is 30.5 Å². The molecule has 0 radical (unpaired) electrons. The Morgan fingerprint density at radius 2 is 2.00 bits per heavy atom. The third-order valence-corrected chi connectivity index (χ3v) is 4.73. The zero-order valence-electron chi connectivity index (χ0n) is 11.5. The van der Waals surface area contributed by atoms with Crippen LogP contribution in [-0.4, -0.2) is 17.0 Å². The van der Waals surface area contributed by atoms with Crippen LogP contribution in [0, 0.1) is 12.8 Å². The number of hydrogen-bond acceptors (Lipinski definition) is 3. The number of anilines is 1. The monoisotopic (exact) mass is 301 g/mol. The van der Waals surface area contributed by atoms with Gasteiger partial charge in [0.15, 0.2) is 0 Å². The third kappa shape index (κ3) is 2.45. The first-order valence-corrected chi connectivity index (χ1v) is 7.61. The summed E-state index contributed by atoms with van der Waals surface area (Å²) >= 11 is 1.49. The van der Waals surface area contributed by atoms with Gasteiger partial charge in [-0.1, -0.05) is 23.8 Å². The van der Waals surface area contributed by atoms with E-state index in [0.717, 1.165) is 16.1 Å². The van der Waals surface area contributed by atoms with E-state index in [1.807, 2.05) is 48.7 Å². The molecular formula is C16H15NO3S. The molecule has 3 rings (SSSR count). The summed E-state index contributed by atoms with van der Waals surface area (Å²) in [5, 5.41) is 11.3. The fourth-order valence-electron chi connectivity index (χ4n) is 2.75. The topological polar surface area (TPSA) is 57.6 Å². The lowest BCUT2D eigenvalue weighted by atomic mass is 9.99. The number of nitrogens with zero attached hydrogens (tertiary/aromatic N) is 1. The van der Waals surface area contributed by atoms with Crippen molar-refractivity contribution in [2.45, 2.75) is 19.4 Å². The molecule has 0 unspecified atom stereocenters. The minimum atomic E-state index is -0.920. The lowest BCUT2D eigenvalue weighted by Gasteiger charge is -2.26. The van der Waals surface area contributed by atoms with Crippen LogP contribution in [0.5, 0.6) is 0 Å². The molecule has 1 N–H and O–H groups in total. The quantitative estimate of drug-likeness (QED) is 0.947. The Kier molecular flexibility index (Phi) is 3.51. The van der Waals surface area contributed by atoms with E-state index in [2.05, 4.69) is 0 Å². The standard InChI is InChI=1S/C16H15NO3S/c1-10-4-6-11(7-5-10)17-14(18)9-12(16(19)20)15(17)13-3-2-8-21-13/h2-8,12,15H,9H2,1H3,(H,19,20)/t12-,15+/m0/s1. The molecule has 0 bridgehead atoms. The van der Waals surface area contributed by atoms with Gasteiger partial charge >= 0.3 is 5.97 Å². The molecule has 21 heavy (non-hydrogen) atoms. The SMILES string of the molecule is Cc1ccc(N2C(=O)C[C@H](C(=O)O)[C@@H]2c2cccs2)cc1. The predicted octanol–water partition coefficient (Wildman–Crippen LogP) is 3.24. The highest BCUT2D eigenvalue weighted by molar-refractivity contribution is 7.10. The van der Waals surface area contributed by atoms with Crippen molar-refractivity contribution >= 4 is 28.9 Å². The number of hydrogen-bond donors (Lipinski definition) is 1. The van der Waals surface area contributed by atoms with Gasteiger partial charge in [0.05, 0.1) is 12.0 Å². The number of rotatable bonds is 3. The Hall–Kier alpha value is -2.14. The van der Waals surface area contributed by atoms with Gasteiger partial charge in [-0.15, -0.1) is 11.3 Å². The second-order valence-electron chi connectivity index (χ2n) is 5.21. The largest absolute Gasteiger partial charge is 0.481 e. The summed E-state index contributed by atoms with van der Waals surface area (Å²) in [5.41, 5.74) is 1.86. The molecule has 2 heterocycles. The van der Waals surface area contributed by atoms with Crippen molar-refractivity contribution in [3.63, 3.8) is 0 Å². The molecular weight excluding hydrogens is 286 g/mol. The maximum atomic E-state index is 12.3. The Morgan fingerprint density at radius 1 is 1.29 bits per heavy atom.